The quantitative estimate of drug-likeness (QED) is 0.670. The van der Waals surface area contributed by atoms with Crippen LogP contribution in [0.4, 0.5) is 11.4 Å². The third kappa shape index (κ3) is 3.49. The van der Waals surface area contributed by atoms with Crippen LogP contribution in [0.5, 0.6) is 0 Å². The molecule has 1 aliphatic heterocycles. The fraction of sp³-hybridized carbons (Fsp3) is 0.500. The van der Waals surface area contributed by atoms with Crippen LogP contribution in [0.2, 0.25) is 0 Å². The van der Waals surface area contributed by atoms with E-state index in [0.717, 1.165) is 19.5 Å². The zero-order valence-electron chi connectivity index (χ0n) is 12.5. The molecule has 7 heteroatoms. The van der Waals surface area contributed by atoms with E-state index in [9.17, 15) is 14.9 Å². The standard InChI is InChI=1S/C14H20N4O3/c1-16(2)14(19)10-4-5-13(18(20)21)12(8-10)15-11-6-7-17(3)9-11/h4-5,8,11,15H,6-7,9H2,1-3H3. The van der Waals surface area contributed by atoms with Crippen molar-refractivity contribution in [3.8, 4) is 0 Å². The molecule has 1 atom stereocenters. The first-order valence-electron chi connectivity index (χ1n) is 6.83. The fourth-order valence-corrected chi connectivity index (χ4v) is 2.47. The number of nitrogens with one attached hydrogen (secondary N) is 1. The third-order valence-corrected chi connectivity index (χ3v) is 3.60. The summed E-state index contributed by atoms with van der Waals surface area (Å²) >= 11 is 0. The molecule has 2 rings (SSSR count). The van der Waals surface area contributed by atoms with E-state index in [1.807, 2.05) is 7.05 Å². The predicted molar refractivity (Wildman–Crippen MR) is 80.6 cm³/mol. The molecule has 1 saturated heterocycles. The first kappa shape index (κ1) is 15.2. The zero-order valence-corrected chi connectivity index (χ0v) is 12.5. The Kier molecular flexibility index (Phi) is 4.42. The summed E-state index contributed by atoms with van der Waals surface area (Å²) in [5, 5.41) is 14.3. The number of carbonyl (C=O) groups excluding carboxylic acids is 1. The first-order valence-corrected chi connectivity index (χ1v) is 6.83. The summed E-state index contributed by atoms with van der Waals surface area (Å²) < 4.78 is 0. The molecule has 1 aromatic carbocycles. The topological polar surface area (TPSA) is 78.7 Å². The summed E-state index contributed by atoms with van der Waals surface area (Å²) in [5.74, 6) is -0.170. The lowest BCUT2D eigenvalue weighted by molar-refractivity contribution is -0.384. The van der Waals surface area contributed by atoms with Crippen LogP contribution in [0, 0.1) is 10.1 Å². The molecule has 0 spiro atoms. The molecule has 0 saturated carbocycles. The summed E-state index contributed by atoms with van der Waals surface area (Å²) in [7, 11) is 5.33. The van der Waals surface area contributed by atoms with Gasteiger partial charge in [-0.15, -0.1) is 0 Å². The average Bonchev–Trinajstić information content (AvgIpc) is 2.82. The number of amides is 1. The molecule has 1 amide bonds. The maximum Gasteiger partial charge on any atom is 0.292 e. The molecule has 1 fully saturated rings. The van der Waals surface area contributed by atoms with Crippen molar-refractivity contribution in [3.63, 3.8) is 0 Å². The number of nitro benzene ring substituents is 1. The molecule has 7 nitrogen and oxygen atoms in total. The molecule has 1 unspecified atom stereocenters. The Labute approximate surface area is 123 Å². The van der Waals surface area contributed by atoms with Crippen molar-refractivity contribution in [1.82, 2.24) is 9.80 Å². The molecule has 1 aliphatic rings. The van der Waals surface area contributed by atoms with Crippen LogP contribution in [0.25, 0.3) is 0 Å². The van der Waals surface area contributed by atoms with Gasteiger partial charge in [-0.1, -0.05) is 0 Å². The zero-order chi connectivity index (χ0) is 15.6. The molecule has 0 aliphatic carbocycles. The molecular weight excluding hydrogens is 272 g/mol. The largest absolute Gasteiger partial charge is 0.375 e. The summed E-state index contributed by atoms with van der Waals surface area (Å²) in [5.41, 5.74) is 0.854. The van der Waals surface area contributed by atoms with E-state index in [1.54, 1.807) is 20.2 Å². The summed E-state index contributed by atoms with van der Waals surface area (Å²) in [6, 6.07) is 4.61. The van der Waals surface area contributed by atoms with Crippen molar-refractivity contribution in [2.75, 3.05) is 39.5 Å². The lowest BCUT2D eigenvalue weighted by atomic mass is 10.1. The van der Waals surface area contributed by atoms with Gasteiger partial charge in [-0.05, 0) is 32.1 Å². The second kappa shape index (κ2) is 6.09. The number of carbonyl (C=O) groups is 1. The van der Waals surface area contributed by atoms with Gasteiger partial charge in [-0.3, -0.25) is 14.9 Å². The Morgan fingerprint density at radius 1 is 1.48 bits per heavy atom. The fourth-order valence-electron chi connectivity index (χ4n) is 2.47. The lowest BCUT2D eigenvalue weighted by Crippen LogP contribution is -2.25. The molecule has 0 aromatic heterocycles. The Balaban J connectivity index is 2.28. The van der Waals surface area contributed by atoms with Gasteiger partial charge in [0.05, 0.1) is 4.92 Å². The number of nitrogens with zero attached hydrogens (tertiary/aromatic N) is 3. The Hall–Kier alpha value is -2.15. The molecular formula is C14H20N4O3. The molecule has 0 bridgehead atoms. The van der Waals surface area contributed by atoms with Gasteiger partial charge >= 0.3 is 0 Å². The second-order valence-electron chi connectivity index (χ2n) is 5.58. The van der Waals surface area contributed by atoms with E-state index in [0.29, 0.717) is 11.3 Å². The lowest BCUT2D eigenvalue weighted by Gasteiger charge is -2.16. The van der Waals surface area contributed by atoms with E-state index >= 15 is 0 Å². The van der Waals surface area contributed by atoms with Crippen molar-refractivity contribution < 1.29 is 9.72 Å². The van der Waals surface area contributed by atoms with E-state index in [-0.39, 0.29) is 17.6 Å². The average molecular weight is 292 g/mol. The molecule has 21 heavy (non-hydrogen) atoms. The number of likely N-dealkylation sites (N-methyl/N-ethyl adjacent to an activating group) is 1. The van der Waals surface area contributed by atoms with Crippen LogP contribution < -0.4 is 5.32 Å². The number of benzene rings is 1. The highest BCUT2D eigenvalue weighted by molar-refractivity contribution is 5.95. The van der Waals surface area contributed by atoms with Crippen LogP contribution in [-0.2, 0) is 0 Å². The van der Waals surface area contributed by atoms with Crippen molar-refractivity contribution >= 4 is 17.3 Å². The molecule has 1 heterocycles. The highest BCUT2D eigenvalue weighted by Gasteiger charge is 2.24. The molecule has 1 N–H and O–H groups in total. The minimum absolute atomic E-state index is 0.000130. The van der Waals surface area contributed by atoms with Crippen LogP contribution in [-0.4, -0.2) is 60.9 Å². The highest BCUT2D eigenvalue weighted by Crippen LogP contribution is 2.28. The molecule has 1 aromatic rings. The Morgan fingerprint density at radius 2 is 2.19 bits per heavy atom. The van der Waals surface area contributed by atoms with Gasteiger partial charge in [-0.2, -0.15) is 0 Å². The summed E-state index contributed by atoms with van der Waals surface area (Å²) in [6.07, 6.45) is 0.930. The van der Waals surface area contributed by atoms with E-state index in [2.05, 4.69) is 10.2 Å². The minimum Gasteiger partial charge on any atom is -0.375 e. The van der Waals surface area contributed by atoms with Crippen molar-refractivity contribution in [3.05, 3.63) is 33.9 Å². The Morgan fingerprint density at radius 3 is 2.71 bits per heavy atom. The molecule has 114 valence electrons. The van der Waals surface area contributed by atoms with E-state index in [4.69, 9.17) is 0 Å². The maximum atomic E-state index is 12.0. The summed E-state index contributed by atoms with van der Waals surface area (Å²) in [4.78, 5) is 26.3. The van der Waals surface area contributed by atoms with Crippen molar-refractivity contribution in [2.24, 2.45) is 0 Å². The van der Waals surface area contributed by atoms with Gasteiger partial charge in [0.1, 0.15) is 5.69 Å². The number of anilines is 1. The van der Waals surface area contributed by atoms with Crippen LogP contribution in [0.3, 0.4) is 0 Å². The monoisotopic (exact) mass is 292 g/mol. The van der Waals surface area contributed by atoms with Gasteiger partial charge in [0.2, 0.25) is 0 Å². The van der Waals surface area contributed by atoms with Gasteiger partial charge in [0.15, 0.2) is 0 Å². The number of hydrogen-bond acceptors (Lipinski definition) is 5. The minimum atomic E-state index is -0.426. The second-order valence-corrected chi connectivity index (χ2v) is 5.58. The van der Waals surface area contributed by atoms with E-state index < -0.39 is 4.92 Å². The van der Waals surface area contributed by atoms with Gasteiger partial charge < -0.3 is 15.1 Å². The molecule has 0 radical (unpaired) electrons. The van der Waals surface area contributed by atoms with Gasteiger partial charge in [0, 0.05) is 38.3 Å². The highest BCUT2D eigenvalue weighted by atomic mass is 16.6. The SMILES string of the molecule is CN1CCC(Nc2cc(C(=O)N(C)C)ccc2[N+](=O)[O-])C1. The van der Waals surface area contributed by atoms with Crippen LogP contribution in [0.15, 0.2) is 18.2 Å². The number of nitro groups is 1. The smallest absolute Gasteiger partial charge is 0.292 e. The Bertz CT molecular complexity index is 559. The third-order valence-electron chi connectivity index (χ3n) is 3.60. The maximum absolute atomic E-state index is 12.0. The predicted octanol–water partition coefficient (Wildman–Crippen LogP) is 1.41. The summed E-state index contributed by atoms with van der Waals surface area (Å²) in [6.45, 7) is 1.80. The van der Waals surface area contributed by atoms with Crippen molar-refractivity contribution in [1.29, 1.82) is 0 Å². The normalized spacial score (nSPS) is 18.5. The number of rotatable bonds is 4. The van der Waals surface area contributed by atoms with Crippen LogP contribution in [0.1, 0.15) is 16.8 Å². The van der Waals surface area contributed by atoms with Crippen LogP contribution >= 0.6 is 0 Å². The van der Waals surface area contributed by atoms with Gasteiger partial charge in [-0.25, -0.2) is 0 Å². The first-order chi connectivity index (χ1) is 9.88. The van der Waals surface area contributed by atoms with Crippen molar-refractivity contribution in [2.45, 2.75) is 12.5 Å². The number of likely N-dealkylation sites (tertiary alicyclic amines) is 1. The number of hydrogen-bond donors (Lipinski definition) is 1. The van der Waals surface area contributed by atoms with Gasteiger partial charge in [0.25, 0.3) is 11.6 Å². The van der Waals surface area contributed by atoms with E-state index in [1.165, 1.54) is 17.0 Å².